The van der Waals surface area contributed by atoms with Gasteiger partial charge in [0.25, 0.3) is 0 Å². The minimum Gasteiger partial charge on any atom is -0.468 e. The van der Waals surface area contributed by atoms with Crippen molar-refractivity contribution in [3.05, 3.63) is 65.2 Å². The van der Waals surface area contributed by atoms with Crippen molar-refractivity contribution >= 4 is 41.1 Å². The second-order valence-electron chi connectivity index (χ2n) is 8.77. The van der Waals surface area contributed by atoms with Crippen LogP contribution in [0.4, 0.5) is 0 Å². The number of hydrogen-bond donors (Lipinski definition) is 1. The SMILES string of the molecule is COC(=O)[C@@H]1N[C@H](c2ccc(Cl)cc2)[C@@H]2C(=O)C[C@@H](Sc3ccccc3)[C@@]3(CCC(=O)O3)[C@@H]21. The van der Waals surface area contributed by atoms with E-state index in [4.69, 9.17) is 21.1 Å². The van der Waals surface area contributed by atoms with E-state index in [1.54, 1.807) is 23.9 Å². The number of halogens is 1. The molecule has 6 nitrogen and oxygen atoms in total. The number of rotatable bonds is 4. The van der Waals surface area contributed by atoms with Crippen LogP contribution in [0.3, 0.4) is 0 Å². The van der Waals surface area contributed by atoms with Crippen molar-refractivity contribution in [1.29, 1.82) is 0 Å². The lowest BCUT2D eigenvalue weighted by molar-refractivity contribution is -0.166. The van der Waals surface area contributed by atoms with Gasteiger partial charge in [0.1, 0.15) is 17.4 Å². The predicted molar refractivity (Wildman–Crippen MR) is 124 cm³/mol. The number of benzene rings is 2. The molecule has 8 heteroatoms. The summed E-state index contributed by atoms with van der Waals surface area (Å²) in [5.74, 6) is -1.74. The summed E-state index contributed by atoms with van der Waals surface area (Å²) in [7, 11) is 1.34. The topological polar surface area (TPSA) is 81.7 Å². The van der Waals surface area contributed by atoms with Crippen molar-refractivity contribution in [1.82, 2.24) is 5.32 Å². The van der Waals surface area contributed by atoms with Gasteiger partial charge in [-0.3, -0.25) is 19.7 Å². The second-order valence-corrected chi connectivity index (χ2v) is 10.5. The molecule has 1 N–H and O–H groups in total. The van der Waals surface area contributed by atoms with Crippen molar-refractivity contribution in [2.45, 2.75) is 47.1 Å². The standard InChI is InChI=1S/C25H24ClNO5S/c1-31-24(30)23-21-20(22(27-23)14-7-9-15(26)10-8-14)17(28)13-18(25(21)12-11-19(29)32-25)33-16-5-3-2-4-6-16/h2-10,18,20-23,27H,11-13H2,1H3/t18-,20-,21+,22-,23-,25+/m1/s1. The van der Waals surface area contributed by atoms with Crippen LogP contribution in [0.1, 0.15) is 30.9 Å². The first-order valence-electron chi connectivity index (χ1n) is 11.0. The monoisotopic (exact) mass is 485 g/mol. The van der Waals surface area contributed by atoms with Gasteiger partial charge in [-0.2, -0.15) is 0 Å². The fraction of sp³-hybridized carbons (Fsp3) is 0.400. The van der Waals surface area contributed by atoms with E-state index in [2.05, 4.69) is 5.32 Å². The Morgan fingerprint density at radius 2 is 1.88 bits per heavy atom. The minimum absolute atomic E-state index is 0.0564. The Balaban J connectivity index is 1.59. The van der Waals surface area contributed by atoms with Crippen molar-refractivity contribution in [3.63, 3.8) is 0 Å². The molecule has 5 rings (SSSR count). The van der Waals surface area contributed by atoms with Crippen LogP contribution in [0.5, 0.6) is 0 Å². The Labute approximate surface area is 201 Å². The summed E-state index contributed by atoms with van der Waals surface area (Å²) in [6.45, 7) is 0. The van der Waals surface area contributed by atoms with Crippen LogP contribution in [-0.4, -0.2) is 41.7 Å². The smallest absolute Gasteiger partial charge is 0.323 e. The zero-order valence-electron chi connectivity index (χ0n) is 18.0. The van der Waals surface area contributed by atoms with Crippen LogP contribution in [0.2, 0.25) is 5.02 Å². The van der Waals surface area contributed by atoms with E-state index >= 15 is 0 Å². The van der Waals surface area contributed by atoms with Crippen LogP contribution in [0.15, 0.2) is 59.5 Å². The van der Waals surface area contributed by atoms with Crippen LogP contribution in [-0.2, 0) is 23.9 Å². The highest BCUT2D eigenvalue weighted by Gasteiger charge is 2.67. The molecule has 2 saturated heterocycles. The fourth-order valence-corrected chi connectivity index (χ4v) is 7.23. The Hall–Kier alpha value is -2.35. The maximum Gasteiger partial charge on any atom is 0.323 e. The van der Waals surface area contributed by atoms with E-state index in [1.807, 2.05) is 42.5 Å². The predicted octanol–water partition coefficient (Wildman–Crippen LogP) is 3.97. The summed E-state index contributed by atoms with van der Waals surface area (Å²) in [5.41, 5.74) is -0.0776. The molecule has 1 spiro atoms. The summed E-state index contributed by atoms with van der Waals surface area (Å²) in [5, 5.41) is 3.66. The molecule has 1 aliphatic carbocycles. The molecule has 6 atom stereocenters. The van der Waals surface area contributed by atoms with Crippen LogP contribution in [0, 0.1) is 11.8 Å². The summed E-state index contributed by atoms with van der Waals surface area (Å²) < 4.78 is 11.2. The number of carbonyl (C=O) groups excluding carboxylic acids is 3. The number of carbonyl (C=O) groups is 3. The van der Waals surface area contributed by atoms with Gasteiger partial charge in [0.05, 0.1) is 12.4 Å². The quantitative estimate of drug-likeness (QED) is 0.656. The number of ketones is 1. The van der Waals surface area contributed by atoms with E-state index in [1.165, 1.54) is 7.11 Å². The molecule has 3 aliphatic rings. The number of ether oxygens (including phenoxy) is 2. The first-order chi connectivity index (χ1) is 15.9. The number of fused-ring (bicyclic) bond motifs is 2. The molecule has 0 unspecified atom stereocenters. The third kappa shape index (κ3) is 3.86. The van der Waals surface area contributed by atoms with E-state index in [0.29, 0.717) is 11.4 Å². The lowest BCUT2D eigenvalue weighted by Gasteiger charge is -2.47. The molecular formula is C25H24ClNO5S. The highest BCUT2D eigenvalue weighted by Crippen LogP contribution is 2.57. The van der Waals surface area contributed by atoms with Gasteiger partial charge in [-0.05, 0) is 36.2 Å². The van der Waals surface area contributed by atoms with Gasteiger partial charge >= 0.3 is 11.9 Å². The average molecular weight is 486 g/mol. The van der Waals surface area contributed by atoms with Gasteiger partial charge in [0.15, 0.2) is 0 Å². The first-order valence-corrected chi connectivity index (χ1v) is 12.2. The Morgan fingerprint density at radius 1 is 1.15 bits per heavy atom. The van der Waals surface area contributed by atoms with E-state index in [-0.39, 0.29) is 29.8 Å². The van der Waals surface area contributed by atoms with Crippen molar-refractivity contribution in [3.8, 4) is 0 Å². The summed E-state index contributed by atoms with van der Waals surface area (Å²) in [6.07, 6.45) is 0.990. The molecule has 0 aromatic heterocycles. The molecule has 2 aliphatic heterocycles. The highest BCUT2D eigenvalue weighted by molar-refractivity contribution is 8.00. The van der Waals surface area contributed by atoms with Crippen LogP contribution in [0.25, 0.3) is 0 Å². The summed E-state index contributed by atoms with van der Waals surface area (Å²) in [6, 6.07) is 15.9. The number of hydrogen-bond acceptors (Lipinski definition) is 7. The van der Waals surface area contributed by atoms with Gasteiger partial charge in [-0.1, -0.05) is 41.9 Å². The summed E-state index contributed by atoms with van der Waals surface area (Å²) in [4.78, 5) is 40.0. The van der Waals surface area contributed by atoms with Gasteiger partial charge in [0.2, 0.25) is 0 Å². The molecular weight excluding hydrogens is 462 g/mol. The van der Waals surface area contributed by atoms with Crippen molar-refractivity contribution < 1.29 is 23.9 Å². The highest BCUT2D eigenvalue weighted by atomic mass is 35.5. The second kappa shape index (κ2) is 8.78. The van der Waals surface area contributed by atoms with Crippen LogP contribution < -0.4 is 5.32 Å². The maximum atomic E-state index is 13.6. The van der Waals surface area contributed by atoms with E-state index < -0.39 is 35.5 Å². The Bertz CT molecular complexity index is 1080. The molecule has 0 bridgehead atoms. The third-order valence-electron chi connectivity index (χ3n) is 7.06. The molecule has 172 valence electrons. The Kier molecular flexibility index (Phi) is 5.97. The molecule has 2 aromatic carbocycles. The lowest BCUT2D eigenvalue weighted by Crippen LogP contribution is -2.59. The van der Waals surface area contributed by atoms with Crippen molar-refractivity contribution in [2.75, 3.05) is 7.11 Å². The maximum absolute atomic E-state index is 13.6. The molecule has 2 heterocycles. The zero-order valence-corrected chi connectivity index (χ0v) is 19.6. The molecule has 3 fully saturated rings. The lowest BCUT2D eigenvalue weighted by atomic mass is 9.64. The molecule has 2 aromatic rings. The van der Waals surface area contributed by atoms with Gasteiger partial charge in [-0.15, -0.1) is 11.8 Å². The third-order valence-corrected chi connectivity index (χ3v) is 8.71. The number of thioether (sulfide) groups is 1. The Morgan fingerprint density at radius 3 is 2.52 bits per heavy atom. The van der Waals surface area contributed by atoms with Gasteiger partial charge < -0.3 is 9.47 Å². The number of esters is 2. The van der Waals surface area contributed by atoms with Crippen molar-refractivity contribution in [2.24, 2.45) is 11.8 Å². The first kappa shape index (κ1) is 22.4. The minimum atomic E-state index is -0.941. The van der Waals surface area contributed by atoms with E-state index in [0.717, 1.165) is 10.5 Å². The molecule has 0 radical (unpaired) electrons. The number of Topliss-reactive ketones (excluding diaryl/α,β-unsaturated/α-hetero) is 1. The number of methoxy groups -OCH3 is 1. The average Bonchev–Trinajstić information content (AvgIpc) is 3.41. The van der Waals surface area contributed by atoms with Crippen LogP contribution >= 0.6 is 23.4 Å². The molecule has 1 saturated carbocycles. The summed E-state index contributed by atoms with van der Waals surface area (Å²) >= 11 is 7.62. The molecule has 0 amide bonds. The van der Waals surface area contributed by atoms with E-state index in [9.17, 15) is 14.4 Å². The fourth-order valence-electron chi connectivity index (χ4n) is 5.69. The largest absolute Gasteiger partial charge is 0.468 e. The van der Waals surface area contributed by atoms with Gasteiger partial charge in [0, 0.05) is 40.6 Å². The number of nitrogens with one attached hydrogen (secondary N) is 1. The normalized spacial score (nSPS) is 33.1. The van der Waals surface area contributed by atoms with Gasteiger partial charge in [-0.25, -0.2) is 0 Å². The molecule has 33 heavy (non-hydrogen) atoms. The zero-order chi connectivity index (χ0) is 23.2.